The third-order valence-electron chi connectivity index (χ3n) is 4.59. The van der Waals surface area contributed by atoms with Gasteiger partial charge in [0.1, 0.15) is 0 Å². The van der Waals surface area contributed by atoms with E-state index in [1.807, 2.05) is 6.92 Å². The van der Waals surface area contributed by atoms with Crippen molar-refractivity contribution >= 4 is 0 Å². The fourth-order valence-corrected chi connectivity index (χ4v) is 2.79. The maximum atomic E-state index is 13.4. The average molecular weight is 276 g/mol. The van der Waals surface area contributed by atoms with Gasteiger partial charge >= 0.3 is 0 Å². The van der Waals surface area contributed by atoms with Crippen LogP contribution in [0.2, 0.25) is 0 Å². The fraction of sp³-hybridized carbons (Fsp3) is 1.00. The van der Waals surface area contributed by atoms with Crippen LogP contribution >= 0.6 is 0 Å². The Balaban J connectivity index is 2.13. The minimum absolute atomic E-state index is 0.0448. The molecule has 0 radical (unpaired) electrons. The van der Waals surface area contributed by atoms with E-state index in [9.17, 15) is 8.78 Å². The molecule has 0 atom stereocenters. The summed E-state index contributed by atoms with van der Waals surface area (Å²) in [5.74, 6) is -3.03. The van der Waals surface area contributed by atoms with E-state index in [1.165, 1.54) is 19.3 Å². The van der Waals surface area contributed by atoms with Crippen molar-refractivity contribution in [3.63, 3.8) is 0 Å². The van der Waals surface area contributed by atoms with Crippen LogP contribution in [-0.2, 0) is 4.74 Å². The molecule has 1 nitrogen and oxygen atoms in total. The number of ether oxygens (including phenoxy) is 1. The molecule has 0 unspecified atom stereocenters. The minimum atomic E-state index is -2.49. The SMILES string of the molecule is CCOCC1(CCCCCC(F)(F)C(C)C)CCC1. The summed E-state index contributed by atoms with van der Waals surface area (Å²) in [5.41, 5.74) is 0.385. The van der Waals surface area contributed by atoms with Crippen LogP contribution in [0.5, 0.6) is 0 Å². The Morgan fingerprint density at radius 2 is 1.84 bits per heavy atom. The number of unbranched alkanes of at least 4 members (excludes halogenated alkanes) is 2. The molecule has 19 heavy (non-hydrogen) atoms. The van der Waals surface area contributed by atoms with Crippen molar-refractivity contribution in [1.82, 2.24) is 0 Å². The van der Waals surface area contributed by atoms with E-state index in [0.29, 0.717) is 11.8 Å². The summed E-state index contributed by atoms with van der Waals surface area (Å²) in [6.45, 7) is 6.88. The van der Waals surface area contributed by atoms with Gasteiger partial charge in [0.15, 0.2) is 0 Å². The number of rotatable bonds is 10. The van der Waals surface area contributed by atoms with E-state index >= 15 is 0 Å². The number of halogens is 2. The van der Waals surface area contributed by atoms with E-state index in [2.05, 4.69) is 0 Å². The lowest BCUT2D eigenvalue weighted by Gasteiger charge is -2.42. The largest absolute Gasteiger partial charge is 0.381 e. The summed E-state index contributed by atoms with van der Waals surface area (Å²) in [7, 11) is 0. The van der Waals surface area contributed by atoms with E-state index in [-0.39, 0.29) is 6.42 Å². The molecular formula is C16H30F2O. The molecule has 1 saturated carbocycles. The van der Waals surface area contributed by atoms with Gasteiger partial charge < -0.3 is 4.74 Å². The third kappa shape index (κ3) is 5.37. The first-order valence-corrected chi connectivity index (χ1v) is 7.87. The van der Waals surface area contributed by atoms with Crippen LogP contribution in [0.15, 0.2) is 0 Å². The molecule has 3 heteroatoms. The van der Waals surface area contributed by atoms with Crippen LogP contribution in [-0.4, -0.2) is 19.1 Å². The first-order valence-electron chi connectivity index (χ1n) is 7.87. The second-order valence-electron chi connectivity index (χ2n) is 6.47. The Hall–Kier alpha value is -0.180. The van der Waals surface area contributed by atoms with Crippen molar-refractivity contribution in [3.05, 3.63) is 0 Å². The quantitative estimate of drug-likeness (QED) is 0.483. The second-order valence-corrected chi connectivity index (χ2v) is 6.47. The zero-order chi connectivity index (χ0) is 14.4. The highest BCUT2D eigenvalue weighted by molar-refractivity contribution is 4.87. The summed E-state index contributed by atoms with van der Waals surface area (Å²) < 4.78 is 32.4. The van der Waals surface area contributed by atoms with Crippen molar-refractivity contribution in [3.8, 4) is 0 Å². The van der Waals surface area contributed by atoms with Crippen molar-refractivity contribution in [2.24, 2.45) is 11.3 Å². The summed E-state index contributed by atoms with van der Waals surface area (Å²) >= 11 is 0. The van der Waals surface area contributed by atoms with Crippen LogP contribution in [0.25, 0.3) is 0 Å². The number of hydrogen-bond acceptors (Lipinski definition) is 1. The van der Waals surface area contributed by atoms with Crippen molar-refractivity contribution in [2.45, 2.75) is 78.1 Å². The highest BCUT2D eigenvalue weighted by Crippen LogP contribution is 2.45. The second kappa shape index (κ2) is 7.56. The number of hydrogen-bond donors (Lipinski definition) is 0. The Bertz CT molecular complexity index is 247. The molecule has 1 aliphatic rings. The Morgan fingerprint density at radius 3 is 2.32 bits per heavy atom. The standard InChI is InChI=1S/C16H30F2O/c1-4-19-13-15(10-8-11-15)9-6-5-7-12-16(17,18)14(2)3/h14H,4-13H2,1-3H3. The van der Waals surface area contributed by atoms with Crippen molar-refractivity contribution < 1.29 is 13.5 Å². The van der Waals surface area contributed by atoms with Gasteiger partial charge in [-0.15, -0.1) is 0 Å². The smallest absolute Gasteiger partial charge is 0.250 e. The lowest BCUT2D eigenvalue weighted by molar-refractivity contribution is -0.0546. The van der Waals surface area contributed by atoms with E-state index < -0.39 is 11.8 Å². The van der Waals surface area contributed by atoms with E-state index in [4.69, 9.17) is 4.74 Å². The van der Waals surface area contributed by atoms with Crippen LogP contribution in [0.1, 0.15) is 72.1 Å². The summed E-state index contributed by atoms with van der Waals surface area (Å²) in [4.78, 5) is 0. The van der Waals surface area contributed by atoms with Gasteiger partial charge in [-0.2, -0.15) is 0 Å². The summed E-state index contributed by atoms with van der Waals surface area (Å²) in [6, 6.07) is 0. The van der Waals surface area contributed by atoms with Gasteiger partial charge in [-0.1, -0.05) is 33.1 Å². The lowest BCUT2D eigenvalue weighted by atomic mass is 9.66. The topological polar surface area (TPSA) is 9.23 Å². The van der Waals surface area contributed by atoms with Crippen LogP contribution in [0.3, 0.4) is 0 Å². The monoisotopic (exact) mass is 276 g/mol. The highest BCUT2D eigenvalue weighted by atomic mass is 19.3. The average Bonchev–Trinajstić information content (AvgIpc) is 2.30. The van der Waals surface area contributed by atoms with Crippen LogP contribution in [0.4, 0.5) is 8.78 Å². The van der Waals surface area contributed by atoms with Crippen molar-refractivity contribution in [2.75, 3.05) is 13.2 Å². The normalized spacial score (nSPS) is 18.6. The fourth-order valence-electron chi connectivity index (χ4n) is 2.79. The number of alkyl halides is 2. The molecule has 1 aliphatic carbocycles. The summed E-state index contributed by atoms with van der Waals surface area (Å²) in [6.07, 6.45) is 7.67. The molecule has 0 aromatic heterocycles. The predicted molar refractivity (Wildman–Crippen MR) is 75.6 cm³/mol. The van der Waals surface area contributed by atoms with Gasteiger partial charge in [-0.05, 0) is 38.0 Å². The molecule has 0 amide bonds. The predicted octanol–water partition coefficient (Wildman–Crippen LogP) is 5.44. The van der Waals surface area contributed by atoms with Gasteiger partial charge in [0.25, 0.3) is 0 Å². The maximum Gasteiger partial charge on any atom is 0.250 e. The molecule has 1 fully saturated rings. The third-order valence-corrected chi connectivity index (χ3v) is 4.59. The van der Waals surface area contributed by atoms with Crippen molar-refractivity contribution in [1.29, 1.82) is 0 Å². The molecule has 0 aliphatic heterocycles. The van der Waals surface area contributed by atoms with Crippen LogP contribution < -0.4 is 0 Å². The Kier molecular flexibility index (Phi) is 6.72. The van der Waals surface area contributed by atoms with Gasteiger partial charge in [0.05, 0.1) is 6.61 Å². The van der Waals surface area contributed by atoms with Crippen LogP contribution in [0, 0.1) is 11.3 Å². The Labute approximate surface area is 117 Å². The van der Waals surface area contributed by atoms with E-state index in [0.717, 1.165) is 32.5 Å². The molecule has 0 spiro atoms. The molecule has 114 valence electrons. The highest BCUT2D eigenvalue weighted by Gasteiger charge is 2.36. The zero-order valence-electron chi connectivity index (χ0n) is 12.8. The molecule has 0 bridgehead atoms. The first-order chi connectivity index (χ1) is 8.92. The van der Waals surface area contributed by atoms with Gasteiger partial charge in [-0.3, -0.25) is 0 Å². The molecule has 1 rings (SSSR count). The maximum absolute atomic E-state index is 13.4. The van der Waals surface area contributed by atoms with Gasteiger partial charge in [0, 0.05) is 18.9 Å². The lowest BCUT2D eigenvalue weighted by Crippen LogP contribution is -2.34. The Morgan fingerprint density at radius 1 is 1.16 bits per heavy atom. The molecule has 0 aromatic rings. The molecule has 0 N–H and O–H groups in total. The molecule has 0 heterocycles. The summed E-state index contributed by atoms with van der Waals surface area (Å²) in [5, 5.41) is 0. The minimum Gasteiger partial charge on any atom is -0.381 e. The van der Waals surface area contributed by atoms with Gasteiger partial charge in [-0.25, -0.2) is 8.78 Å². The molecular weight excluding hydrogens is 246 g/mol. The first kappa shape index (κ1) is 16.9. The van der Waals surface area contributed by atoms with E-state index in [1.54, 1.807) is 13.8 Å². The van der Waals surface area contributed by atoms with Gasteiger partial charge in [0.2, 0.25) is 5.92 Å². The zero-order valence-corrected chi connectivity index (χ0v) is 12.8. The molecule has 0 saturated heterocycles. The molecule has 0 aromatic carbocycles.